The first kappa shape index (κ1) is 19.4. The molecule has 0 spiro atoms. The lowest BCUT2D eigenvalue weighted by atomic mass is 9.86. The first-order valence-corrected chi connectivity index (χ1v) is 11.7. The summed E-state index contributed by atoms with van der Waals surface area (Å²) in [5.41, 5.74) is 4.16. The van der Waals surface area contributed by atoms with Crippen molar-refractivity contribution in [2.75, 3.05) is 0 Å². The van der Waals surface area contributed by atoms with Crippen molar-refractivity contribution in [2.24, 2.45) is 11.8 Å². The summed E-state index contributed by atoms with van der Waals surface area (Å²) >= 11 is 4.06. The van der Waals surface area contributed by atoms with Crippen LogP contribution < -0.4 is 0 Å². The number of fused-ring (bicyclic) bond motifs is 3. The van der Waals surface area contributed by atoms with Crippen LogP contribution in [0.5, 0.6) is 0 Å². The third-order valence-corrected chi connectivity index (χ3v) is 7.23. The fourth-order valence-corrected chi connectivity index (χ4v) is 5.61. The summed E-state index contributed by atoms with van der Waals surface area (Å²) in [6.45, 7) is 0.902. The van der Waals surface area contributed by atoms with Crippen LogP contribution in [0.2, 0.25) is 0 Å². The maximum absolute atomic E-state index is 4.06. The minimum Gasteiger partial charge on any atom is -0.353 e. The Balaban J connectivity index is 1.38. The number of likely N-dealkylation sites (tertiary alicyclic amines) is 1. The number of hydrogen-bond acceptors (Lipinski definition) is 2. The van der Waals surface area contributed by atoms with Crippen molar-refractivity contribution in [3.8, 4) is 0 Å². The summed E-state index contributed by atoms with van der Waals surface area (Å²) in [6.07, 6.45) is 18.4. The van der Waals surface area contributed by atoms with Gasteiger partial charge in [-0.25, -0.2) is 0 Å². The van der Waals surface area contributed by atoms with Crippen LogP contribution in [0.1, 0.15) is 17.5 Å². The van der Waals surface area contributed by atoms with Crippen LogP contribution >= 0.6 is 15.9 Å². The number of hydrogen-bond donors (Lipinski definition) is 0. The van der Waals surface area contributed by atoms with Gasteiger partial charge in [-0.05, 0) is 24.0 Å². The summed E-state index contributed by atoms with van der Waals surface area (Å²) < 4.78 is 0. The molecule has 1 saturated heterocycles. The Bertz CT molecular complexity index is 976. The average Bonchev–Trinajstić information content (AvgIpc) is 3.12. The molecule has 1 fully saturated rings. The van der Waals surface area contributed by atoms with Gasteiger partial charge in [0, 0.05) is 36.5 Å². The second-order valence-corrected chi connectivity index (χ2v) is 9.34. The van der Waals surface area contributed by atoms with Crippen LogP contribution in [0, 0.1) is 11.8 Å². The van der Waals surface area contributed by atoms with E-state index in [0.29, 0.717) is 22.8 Å². The van der Waals surface area contributed by atoms with E-state index in [4.69, 9.17) is 0 Å². The molecule has 3 heteroatoms. The maximum Gasteiger partial charge on any atom is 0.0853 e. The van der Waals surface area contributed by atoms with Crippen molar-refractivity contribution in [2.45, 2.75) is 30.4 Å². The first-order valence-electron chi connectivity index (χ1n) is 10.8. The summed E-state index contributed by atoms with van der Waals surface area (Å²) in [6, 6.07) is 21.9. The summed E-state index contributed by atoms with van der Waals surface area (Å²) in [5, 5.41) is 0. The summed E-state index contributed by atoms with van der Waals surface area (Å²) in [5.74, 6) is 0.952. The predicted molar refractivity (Wildman–Crippen MR) is 128 cm³/mol. The number of aryl methyl sites for hydroxylation is 1. The highest BCUT2D eigenvalue weighted by Crippen LogP contribution is 2.46. The lowest BCUT2D eigenvalue weighted by Gasteiger charge is -2.34. The number of rotatable bonds is 6. The molecule has 0 radical (unpaired) electrons. The molecular formula is C27H27BrN2. The lowest BCUT2D eigenvalue weighted by molar-refractivity contribution is 0.285. The van der Waals surface area contributed by atoms with Gasteiger partial charge in [0.15, 0.2) is 0 Å². The normalized spacial score (nSPS) is 25.1. The standard InChI is InChI=1S/C27H27BrN2/c28-27(16-15-21-9-3-1-4-10-21)30-25-14-8-7-13-23(25)24-17-18-29(20-26(24)30)19-22-11-5-2-6-12-22/h1-14,17-18,20,23-25,27H,15-16,19H2. The number of allylic oxidation sites excluding steroid dienone is 3. The molecule has 0 aromatic heterocycles. The van der Waals surface area contributed by atoms with Crippen molar-refractivity contribution in [1.29, 1.82) is 0 Å². The molecule has 5 rings (SSSR count). The van der Waals surface area contributed by atoms with Gasteiger partial charge in [-0.15, -0.1) is 0 Å². The molecule has 0 N–H and O–H groups in total. The molecule has 2 aliphatic heterocycles. The number of halogens is 1. The average molecular weight is 459 g/mol. The molecule has 1 aliphatic carbocycles. The Kier molecular flexibility index (Phi) is 5.63. The Morgan fingerprint density at radius 1 is 0.833 bits per heavy atom. The molecule has 3 aliphatic rings. The molecule has 4 unspecified atom stereocenters. The molecular weight excluding hydrogens is 432 g/mol. The third kappa shape index (κ3) is 3.91. The van der Waals surface area contributed by atoms with Crippen molar-refractivity contribution < 1.29 is 0 Å². The zero-order valence-corrected chi connectivity index (χ0v) is 18.6. The summed E-state index contributed by atoms with van der Waals surface area (Å²) in [7, 11) is 0. The molecule has 30 heavy (non-hydrogen) atoms. The molecule has 0 saturated carbocycles. The van der Waals surface area contributed by atoms with E-state index in [1.807, 2.05) is 0 Å². The van der Waals surface area contributed by atoms with E-state index in [-0.39, 0.29) is 0 Å². The predicted octanol–water partition coefficient (Wildman–Crippen LogP) is 6.25. The van der Waals surface area contributed by atoms with Gasteiger partial charge in [0.1, 0.15) is 0 Å². The molecule has 0 bridgehead atoms. The van der Waals surface area contributed by atoms with Crippen LogP contribution in [-0.2, 0) is 13.0 Å². The second kappa shape index (κ2) is 8.69. The van der Waals surface area contributed by atoms with Crippen molar-refractivity contribution in [3.05, 3.63) is 120 Å². The highest BCUT2D eigenvalue weighted by molar-refractivity contribution is 9.09. The SMILES string of the molecule is BrC(CCc1ccccc1)N1C2=CN(Cc3ccccc3)C=CC2C2C=CC=CC21. The highest BCUT2D eigenvalue weighted by Gasteiger charge is 2.45. The van der Waals surface area contributed by atoms with Gasteiger partial charge in [0.05, 0.1) is 11.0 Å². The topological polar surface area (TPSA) is 6.48 Å². The Labute approximate surface area is 188 Å². The van der Waals surface area contributed by atoms with E-state index in [1.54, 1.807) is 0 Å². The number of nitrogens with zero attached hydrogens (tertiary/aromatic N) is 2. The molecule has 2 nitrogen and oxygen atoms in total. The molecule has 4 atom stereocenters. The second-order valence-electron chi connectivity index (χ2n) is 8.28. The first-order chi connectivity index (χ1) is 14.8. The number of benzene rings is 2. The minimum absolute atomic E-state index is 0.308. The van der Waals surface area contributed by atoms with Crippen molar-refractivity contribution >= 4 is 15.9 Å². The van der Waals surface area contributed by atoms with E-state index in [0.717, 1.165) is 19.4 Å². The van der Waals surface area contributed by atoms with E-state index < -0.39 is 0 Å². The van der Waals surface area contributed by atoms with Gasteiger partial charge < -0.3 is 9.80 Å². The Morgan fingerprint density at radius 3 is 2.30 bits per heavy atom. The van der Waals surface area contributed by atoms with Gasteiger partial charge in [-0.3, -0.25) is 0 Å². The molecule has 2 aromatic rings. The van der Waals surface area contributed by atoms with Crippen molar-refractivity contribution in [3.63, 3.8) is 0 Å². The van der Waals surface area contributed by atoms with Gasteiger partial charge in [0.2, 0.25) is 0 Å². The van der Waals surface area contributed by atoms with Crippen LogP contribution in [0.15, 0.2) is 109 Å². The fraction of sp³-hybridized carbons (Fsp3) is 0.259. The zero-order valence-electron chi connectivity index (χ0n) is 17.0. The Hall–Kier alpha value is -2.52. The van der Waals surface area contributed by atoms with Crippen LogP contribution in [0.3, 0.4) is 0 Å². The minimum atomic E-state index is 0.308. The largest absolute Gasteiger partial charge is 0.353 e. The van der Waals surface area contributed by atoms with E-state index in [1.165, 1.54) is 16.8 Å². The summed E-state index contributed by atoms with van der Waals surface area (Å²) in [4.78, 5) is 5.25. The van der Waals surface area contributed by atoms with E-state index in [9.17, 15) is 0 Å². The Morgan fingerprint density at radius 2 is 1.53 bits per heavy atom. The zero-order chi connectivity index (χ0) is 20.3. The van der Waals surface area contributed by atoms with E-state index >= 15 is 0 Å². The monoisotopic (exact) mass is 458 g/mol. The molecule has 2 heterocycles. The van der Waals surface area contributed by atoms with Gasteiger partial charge in [-0.2, -0.15) is 0 Å². The highest BCUT2D eigenvalue weighted by atomic mass is 79.9. The van der Waals surface area contributed by atoms with Crippen LogP contribution in [0.25, 0.3) is 0 Å². The van der Waals surface area contributed by atoms with Gasteiger partial charge in [-0.1, -0.05) is 107 Å². The lowest BCUT2D eigenvalue weighted by Crippen LogP contribution is -2.36. The smallest absolute Gasteiger partial charge is 0.0853 e. The van der Waals surface area contributed by atoms with Gasteiger partial charge in [0.25, 0.3) is 0 Å². The number of alkyl halides is 1. The quantitative estimate of drug-likeness (QED) is 0.372. The fourth-order valence-electron chi connectivity index (χ4n) is 4.87. The maximum atomic E-state index is 4.06. The van der Waals surface area contributed by atoms with Gasteiger partial charge >= 0.3 is 0 Å². The van der Waals surface area contributed by atoms with Crippen LogP contribution in [-0.4, -0.2) is 20.8 Å². The van der Waals surface area contributed by atoms with Crippen LogP contribution in [0.4, 0.5) is 0 Å². The van der Waals surface area contributed by atoms with Crippen molar-refractivity contribution in [1.82, 2.24) is 9.80 Å². The van der Waals surface area contributed by atoms with E-state index in [2.05, 4.69) is 129 Å². The third-order valence-electron chi connectivity index (χ3n) is 6.33. The molecule has 2 aromatic carbocycles. The molecule has 152 valence electrons. The molecule has 0 amide bonds.